The quantitative estimate of drug-likeness (QED) is 0.449. The molecular weight excluding hydrogens is 420 g/mol. The maximum atomic E-state index is 12.3. The molecule has 1 amide bonds. The van der Waals surface area contributed by atoms with E-state index >= 15 is 0 Å². The number of nitrogens with one attached hydrogen (secondary N) is 1. The highest BCUT2D eigenvalue weighted by molar-refractivity contribution is 7.14. The summed E-state index contributed by atoms with van der Waals surface area (Å²) in [7, 11) is 0. The first-order valence-corrected chi connectivity index (χ1v) is 10.9. The summed E-state index contributed by atoms with van der Waals surface area (Å²) >= 11 is 2.92. The van der Waals surface area contributed by atoms with Gasteiger partial charge in [0.1, 0.15) is 10.8 Å². The number of esters is 1. The molecule has 4 rings (SSSR count). The molecule has 0 bridgehead atoms. The van der Waals surface area contributed by atoms with E-state index in [4.69, 9.17) is 4.74 Å². The Kier molecular flexibility index (Phi) is 5.73. The number of nitrogens with zero attached hydrogens (tertiary/aromatic N) is 3. The van der Waals surface area contributed by atoms with E-state index in [1.54, 1.807) is 27.5 Å². The number of amides is 1. The lowest BCUT2D eigenvalue weighted by molar-refractivity contribution is -0.119. The highest BCUT2D eigenvalue weighted by Gasteiger charge is 2.16. The molecule has 0 aliphatic carbocycles. The highest BCUT2D eigenvalue weighted by atomic mass is 32.1. The Balaban J connectivity index is 1.38. The predicted molar refractivity (Wildman–Crippen MR) is 117 cm³/mol. The maximum absolute atomic E-state index is 12.3. The van der Waals surface area contributed by atoms with Crippen molar-refractivity contribution in [3.05, 3.63) is 69.5 Å². The standard InChI is InChI=1S/C21H18N4O3S2/c1-13-3-5-16(6-4-13)25-18(9-14(2)24-25)23-19(26)10-28-21(27)17-12-30-20(22-17)15-7-8-29-11-15/h3-9,11-12H,10H2,1-2H3,(H,23,26). The second-order valence-corrected chi connectivity index (χ2v) is 8.23. The zero-order valence-corrected chi connectivity index (χ0v) is 17.9. The number of aryl methyl sites for hydroxylation is 2. The first-order valence-electron chi connectivity index (χ1n) is 9.08. The zero-order valence-electron chi connectivity index (χ0n) is 16.3. The van der Waals surface area contributed by atoms with Gasteiger partial charge in [0.25, 0.3) is 5.91 Å². The van der Waals surface area contributed by atoms with Crippen molar-refractivity contribution in [2.45, 2.75) is 13.8 Å². The van der Waals surface area contributed by atoms with E-state index in [-0.39, 0.29) is 5.69 Å². The van der Waals surface area contributed by atoms with Gasteiger partial charge in [0.2, 0.25) is 0 Å². The molecule has 9 heteroatoms. The fraction of sp³-hybridized carbons (Fsp3) is 0.143. The van der Waals surface area contributed by atoms with Gasteiger partial charge in [0.15, 0.2) is 12.3 Å². The lowest BCUT2D eigenvalue weighted by Gasteiger charge is -2.09. The topological polar surface area (TPSA) is 86.1 Å². The predicted octanol–water partition coefficient (Wildman–Crippen LogP) is 4.47. The number of carbonyl (C=O) groups is 2. The Morgan fingerprint density at radius 1 is 1.13 bits per heavy atom. The molecule has 4 aromatic rings. The molecule has 0 saturated heterocycles. The van der Waals surface area contributed by atoms with Crippen molar-refractivity contribution in [3.63, 3.8) is 0 Å². The molecule has 7 nitrogen and oxygen atoms in total. The van der Waals surface area contributed by atoms with Crippen LogP contribution in [-0.4, -0.2) is 33.2 Å². The number of rotatable bonds is 6. The summed E-state index contributed by atoms with van der Waals surface area (Å²) in [6.45, 7) is 3.43. The van der Waals surface area contributed by atoms with Gasteiger partial charge < -0.3 is 10.1 Å². The van der Waals surface area contributed by atoms with Crippen LogP contribution < -0.4 is 5.32 Å². The van der Waals surface area contributed by atoms with Crippen LogP contribution in [0, 0.1) is 13.8 Å². The summed E-state index contributed by atoms with van der Waals surface area (Å²) in [5, 5.41) is 13.4. The van der Waals surface area contributed by atoms with Crippen molar-refractivity contribution in [2.24, 2.45) is 0 Å². The van der Waals surface area contributed by atoms with E-state index in [0.29, 0.717) is 5.82 Å². The molecule has 0 spiro atoms. The number of carbonyl (C=O) groups excluding carboxylic acids is 2. The van der Waals surface area contributed by atoms with Gasteiger partial charge in [-0.1, -0.05) is 17.7 Å². The van der Waals surface area contributed by atoms with Gasteiger partial charge in [-0.25, -0.2) is 14.5 Å². The lowest BCUT2D eigenvalue weighted by Crippen LogP contribution is -2.22. The molecule has 3 heterocycles. The Morgan fingerprint density at radius 2 is 1.93 bits per heavy atom. The number of ether oxygens (including phenoxy) is 1. The Labute approximate surface area is 181 Å². The fourth-order valence-electron chi connectivity index (χ4n) is 2.74. The number of thiophene rings is 1. The average molecular weight is 439 g/mol. The number of aromatic nitrogens is 3. The first kappa shape index (κ1) is 20.0. The van der Waals surface area contributed by atoms with Gasteiger partial charge in [-0.3, -0.25) is 4.79 Å². The summed E-state index contributed by atoms with van der Waals surface area (Å²) < 4.78 is 6.77. The van der Waals surface area contributed by atoms with Crippen molar-refractivity contribution < 1.29 is 14.3 Å². The third-order valence-corrected chi connectivity index (χ3v) is 5.77. The minimum atomic E-state index is -0.633. The maximum Gasteiger partial charge on any atom is 0.358 e. The summed E-state index contributed by atoms with van der Waals surface area (Å²) in [6, 6.07) is 11.5. The number of thiazole rings is 1. The minimum Gasteiger partial charge on any atom is -0.451 e. The van der Waals surface area contributed by atoms with Crippen molar-refractivity contribution >= 4 is 40.4 Å². The third-order valence-electron chi connectivity index (χ3n) is 4.19. The SMILES string of the molecule is Cc1ccc(-n2nc(C)cc2NC(=O)COC(=O)c2csc(-c3ccsc3)n2)cc1. The van der Waals surface area contributed by atoms with E-state index < -0.39 is 18.5 Å². The van der Waals surface area contributed by atoms with Crippen LogP contribution in [-0.2, 0) is 9.53 Å². The van der Waals surface area contributed by atoms with Gasteiger partial charge in [0.05, 0.1) is 11.4 Å². The smallest absolute Gasteiger partial charge is 0.358 e. The van der Waals surface area contributed by atoms with Crippen LogP contribution in [0.3, 0.4) is 0 Å². The molecule has 0 aliphatic heterocycles. The third kappa shape index (κ3) is 4.47. The van der Waals surface area contributed by atoms with Gasteiger partial charge in [-0.2, -0.15) is 16.4 Å². The molecule has 0 aliphatic rings. The minimum absolute atomic E-state index is 0.189. The molecule has 152 valence electrons. The van der Waals surface area contributed by atoms with Gasteiger partial charge in [0, 0.05) is 22.4 Å². The van der Waals surface area contributed by atoms with E-state index in [2.05, 4.69) is 15.4 Å². The van der Waals surface area contributed by atoms with Crippen LogP contribution in [0.1, 0.15) is 21.7 Å². The monoisotopic (exact) mass is 438 g/mol. The Morgan fingerprint density at radius 3 is 2.67 bits per heavy atom. The summed E-state index contributed by atoms with van der Waals surface area (Å²) in [6.07, 6.45) is 0. The van der Waals surface area contributed by atoms with Crippen LogP contribution in [0.5, 0.6) is 0 Å². The average Bonchev–Trinajstić information content (AvgIpc) is 3.47. The largest absolute Gasteiger partial charge is 0.451 e. The molecule has 30 heavy (non-hydrogen) atoms. The molecule has 1 aromatic carbocycles. The Hall–Kier alpha value is -3.30. The van der Waals surface area contributed by atoms with Gasteiger partial charge in [-0.05, 0) is 37.4 Å². The number of hydrogen-bond donors (Lipinski definition) is 1. The molecule has 0 fully saturated rings. The van der Waals surface area contributed by atoms with Crippen LogP contribution in [0.25, 0.3) is 16.3 Å². The molecular formula is C21H18N4O3S2. The molecule has 3 aromatic heterocycles. The van der Waals surface area contributed by atoms with Crippen LogP contribution in [0.15, 0.2) is 52.5 Å². The number of anilines is 1. The number of hydrogen-bond acceptors (Lipinski definition) is 7. The van der Waals surface area contributed by atoms with Crippen LogP contribution in [0.4, 0.5) is 5.82 Å². The van der Waals surface area contributed by atoms with Crippen LogP contribution in [0.2, 0.25) is 0 Å². The second-order valence-electron chi connectivity index (χ2n) is 6.59. The van der Waals surface area contributed by atoms with E-state index in [1.807, 2.05) is 54.9 Å². The van der Waals surface area contributed by atoms with Crippen LogP contribution >= 0.6 is 22.7 Å². The second kappa shape index (κ2) is 8.60. The summed E-state index contributed by atoms with van der Waals surface area (Å²) in [4.78, 5) is 28.9. The highest BCUT2D eigenvalue weighted by Crippen LogP contribution is 2.26. The number of benzene rings is 1. The van der Waals surface area contributed by atoms with Gasteiger partial charge >= 0.3 is 5.97 Å². The molecule has 0 radical (unpaired) electrons. The summed E-state index contributed by atoms with van der Waals surface area (Å²) in [5.41, 5.74) is 3.86. The lowest BCUT2D eigenvalue weighted by atomic mass is 10.2. The first-order chi connectivity index (χ1) is 14.5. The van der Waals surface area contributed by atoms with Crippen molar-refractivity contribution in [1.29, 1.82) is 0 Å². The van der Waals surface area contributed by atoms with Gasteiger partial charge in [-0.15, -0.1) is 11.3 Å². The fourth-order valence-corrected chi connectivity index (χ4v) is 4.24. The van der Waals surface area contributed by atoms with E-state index in [9.17, 15) is 9.59 Å². The molecule has 0 unspecified atom stereocenters. The molecule has 0 atom stereocenters. The van der Waals surface area contributed by atoms with Crippen molar-refractivity contribution in [3.8, 4) is 16.3 Å². The Bertz CT molecular complexity index is 1180. The summed E-state index contributed by atoms with van der Waals surface area (Å²) in [5.74, 6) is -0.582. The van der Waals surface area contributed by atoms with Crippen molar-refractivity contribution in [2.75, 3.05) is 11.9 Å². The van der Waals surface area contributed by atoms with E-state index in [1.165, 1.54) is 11.3 Å². The molecule has 1 N–H and O–H groups in total. The normalized spacial score (nSPS) is 10.7. The van der Waals surface area contributed by atoms with E-state index in [0.717, 1.165) is 27.5 Å². The van der Waals surface area contributed by atoms with Crippen molar-refractivity contribution in [1.82, 2.24) is 14.8 Å². The molecule has 0 saturated carbocycles. The zero-order chi connectivity index (χ0) is 21.1.